The van der Waals surface area contributed by atoms with E-state index < -0.39 is 11.9 Å². The summed E-state index contributed by atoms with van der Waals surface area (Å²) in [5.41, 5.74) is 6.38. The van der Waals surface area contributed by atoms with Gasteiger partial charge in [-0.1, -0.05) is 11.6 Å². The van der Waals surface area contributed by atoms with E-state index in [9.17, 15) is 9.59 Å². The zero-order valence-corrected chi connectivity index (χ0v) is 27.2. The van der Waals surface area contributed by atoms with Crippen molar-refractivity contribution in [2.24, 2.45) is 5.10 Å². The topological polar surface area (TPSA) is 114 Å². The molecule has 3 aromatic carbocycles. The van der Waals surface area contributed by atoms with Crippen molar-refractivity contribution in [2.75, 3.05) is 13.2 Å². The molecule has 0 unspecified atom stereocenters. The second-order valence-corrected chi connectivity index (χ2v) is 10.7. The molecular formula is C36H34ClN3O7. The quantitative estimate of drug-likeness (QED) is 0.0598. The van der Waals surface area contributed by atoms with Crippen LogP contribution in [0.2, 0.25) is 5.02 Å². The lowest BCUT2D eigenvalue weighted by Crippen LogP contribution is -2.17. The van der Waals surface area contributed by atoms with Gasteiger partial charge in [0.2, 0.25) is 0 Å². The van der Waals surface area contributed by atoms with Crippen LogP contribution < -0.4 is 24.4 Å². The van der Waals surface area contributed by atoms with E-state index in [1.54, 1.807) is 36.4 Å². The fourth-order valence-electron chi connectivity index (χ4n) is 4.76. The van der Waals surface area contributed by atoms with Gasteiger partial charge in [-0.05, 0) is 113 Å². The average molecular weight is 656 g/mol. The molecule has 0 radical (unpaired) electrons. The molecule has 2 heterocycles. The Morgan fingerprint density at radius 3 is 2.26 bits per heavy atom. The van der Waals surface area contributed by atoms with Crippen molar-refractivity contribution in [2.45, 2.75) is 34.3 Å². The lowest BCUT2D eigenvalue weighted by atomic mass is 10.2. The summed E-state index contributed by atoms with van der Waals surface area (Å²) in [6.45, 7) is 8.81. The second kappa shape index (κ2) is 15.2. The summed E-state index contributed by atoms with van der Waals surface area (Å²) >= 11 is 6.18. The molecule has 0 fully saturated rings. The van der Waals surface area contributed by atoms with E-state index in [4.69, 9.17) is 35.0 Å². The van der Waals surface area contributed by atoms with Gasteiger partial charge in [0.25, 0.3) is 0 Å². The maximum Gasteiger partial charge on any atom is 0.343 e. The molecule has 10 nitrogen and oxygen atoms in total. The number of hydrogen-bond donors (Lipinski definition) is 1. The van der Waals surface area contributed by atoms with E-state index in [0.29, 0.717) is 46.8 Å². The van der Waals surface area contributed by atoms with Gasteiger partial charge in [0, 0.05) is 27.7 Å². The third-order valence-electron chi connectivity index (χ3n) is 6.96. The molecule has 2 aromatic heterocycles. The molecule has 242 valence electrons. The third kappa shape index (κ3) is 8.22. The standard InChI is InChI=1S/C36H34ClN3O7/c1-5-43-32-16-9-25(20-34(32)44-6-2)36(42)47-31-17-10-27(37)19-26(31)21-38-39-35(41)33-18-15-30(46-33)22-45-29-13-11-28(12-14-29)40-23(3)7-8-24(40)4/h7-21H,5-6,22H2,1-4H3,(H,39,41)/b38-21+. The summed E-state index contributed by atoms with van der Waals surface area (Å²) in [5, 5.41) is 4.40. The van der Waals surface area contributed by atoms with Crippen LogP contribution in [0.3, 0.4) is 0 Å². The largest absolute Gasteiger partial charge is 0.490 e. The van der Waals surface area contributed by atoms with Crippen molar-refractivity contribution in [3.8, 4) is 28.7 Å². The molecule has 0 atom stereocenters. The van der Waals surface area contributed by atoms with Crippen molar-refractivity contribution in [3.05, 3.63) is 124 Å². The fraction of sp³-hybridized carbons (Fsp3) is 0.194. The summed E-state index contributed by atoms with van der Waals surface area (Å²) in [6, 6.07) is 24.6. The van der Waals surface area contributed by atoms with E-state index in [0.717, 1.165) is 17.1 Å². The number of aromatic nitrogens is 1. The molecule has 5 aromatic rings. The smallest absolute Gasteiger partial charge is 0.343 e. The van der Waals surface area contributed by atoms with Crippen molar-refractivity contribution < 1.29 is 33.0 Å². The minimum absolute atomic E-state index is 0.0491. The maximum atomic E-state index is 13.0. The first-order chi connectivity index (χ1) is 22.7. The number of ether oxygens (including phenoxy) is 4. The number of rotatable bonds is 13. The van der Waals surface area contributed by atoms with E-state index in [1.807, 2.05) is 38.1 Å². The number of esters is 1. The van der Waals surface area contributed by atoms with Gasteiger partial charge in [-0.3, -0.25) is 4.79 Å². The Kier molecular flexibility index (Phi) is 10.6. The molecule has 0 aliphatic heterocycles. The molecule has 0 aliphatic rings. The van der Waals surface area contributed by atoms with Gasteiger partial charge in [-0.15, -0.1) is 0 Å². The highest BCUT2D eigenvalue weighted by molar-refractivity contribution is 6.31. The molecule has 0 spiro atoms. The Bertz CT molecular complexity index is 1870. The first-order valence-electron chi connectivity index (χ1n) is 15.0. The molecule has 5 rings (SSSR count). The predicted octanol–water partition coefficient (Wildman–Crippen LogP) is 7.70. The number of furan rings is 1. The Morgan fingerprint density at radius 1 is 0.830 bits per heavy atom. The number of aryl methyl sites for hydroxylation is 2. The highest BCUT2D eigenvalue weighted by Gasteiger charge is 2.16. The highest BCUT2D eigenvalue weighted by Crippen LogP contribution is 2.30. The normalized spacial score (nSPS) is 11.0. The number of nitrogens with one attached hydrogen (secondary N) is 1. The first kappa shape index (κ1) is 32.9. The van der Waals surface area contributed by atoms with E-state index in [-0.39, 0.29) is 23.7 Å². The zero-order chi connectivity index (χ0) is 33.3. The van der Waals surface area contributed by atoms with Crippen LogP contribution in [0, 0.1) is 13.8 Å². The Morgan fingerprint density at radius 2 is 1.53 bits per heavy atom. The lowest BCUT2D eigenvalue weighted by molar-refractivity contribution is 0.0733. The van der Waals surface area contributed by atoms with Crippen LogP contribution in [0.15, 0.2) is 94.4 Å². The number of nitrogens with zero attached hydrogens (tertiary/aromatic N) is 2. The minimum atomic E-state index is -0.623. The second-order valence-electron chi connectivity index (χ2n) is 10.3. The van der Waals surface area contributed by atoms with Crippen molar-refractivity contribution >= 4 is 29.7 Å². The summed E-state index contributed by atoms with van der Waals surface area (Å²) in [4.78, 5) is 25.7. The number of benzene rings is 3. The molecular weight excluding hydrogens is 622 g/mol. The fourth-order valence-corrected chi connectivity index (χ4v) is 4.95. The molecule has 0 saturated heterocycles. The number of hydrogen-bond acceptors (Lipinski definition) is 8. The van der Waals surface area contributed by atoms with Crippen molar-refractivity contribution in [1.29, 1.82) is 0 Å². The SMILES string of the molecule is CCOc1ccc(C(=O)Oc2ccc(Cl)cc2/C=N/NC(=O)c2ccc(COc3ccc(-n4c(C)ccc4C)cc3)o2)cc1OCC. The maximum absolute atomic E-state index is 13.0. The van der Waals surface area contributed by atoms with Crippen LogP contribution in [-0.2, 0) is 6.61 Å². The summed E-state index contributed by atoms with van der Waals surface area (Å²) in [5.74, 6) is 1.13. The average Bonchev–Trinajstić information content (AvgIpc) is 3.68. The zero-order valence-electron chi connectivity index (χ0n) is 26.4. The van der Waals surface area contributed by atoms with Gasteiger partial charge in [0.1, 0.15) is 23.9 Å². The van der Waals surface area contributed by atoms with E-state index in [1.165, 1.54) is 18.3 Å². The number of halogens is 1. The van der Waals surface area contributed by atoms with Gasteiger partial charge in [-0.2, -0.15) is 5.10 Å². The van der Waals surface area contributed by atoms with Crippen LogP contribution >= 0.6 is 11.6 Å². The third-order valence-corrected chi connectivity index (χ3v) is 7.19. The Labute approximate surface area is 277 Å². The minimum Gasteiger partial charge on any atom is -0.490 e. The predicted molar refractivity (Wildman–Crippen MR) is 179 cm³/mol. The molecule has 0 bridgehead atoms. The van der Waals surface area contributed by atoms with E-state index in [2.05, 4.69) is 41.1 Å². The van der Waals surface area contributed by atoms with Crippen LogP contribution in [0.4, 0.5) is 0 Å². The van der Waals surface area contributed by atoms with Gasteiger partial charge < -0.3 is 27.9 Å². The number of carbonyl (C=O) groups excluding carboxylic acids is 2. The lowest BCUT2D eigenvalue weighted by Gasteiger charge is -2.12. The van der Waals surface area contributed by atoms with Gasteiger partial charge >= 0.3 is 11.9 Å². The van der Waals surface area contributed by atoms with Crippen LogP contribution in [0.25, 0.3) is 5.69 Å². The molecule has 1 N–H and O–H groups in total. The number of hydrazone groups is 1. The molecule has 0 saturated carbocycles. The summed E-state index contributed by atoms with van der Waals surface area (Å²) in [6.07, 6.45) is 1.32. The van der Waals surface area contributed by atoms with Gasteiger partial charge in [0.05, 0.1) is 25.0 Å². The Balaban J connectivity index is 1.18. The molecule has 47 heavy (non-hydrogen) atoms. The summed E-state index contributed by atoms with van der Waals surface area (Å²) < 4.78 is 30.5. The monoisotopic (exact) mass is 655 g/mol. The molecule has 1 amide bonds. The van der Waals surface area contributed by atoms with Crippen LogP contribution in [-0.4, -0.2) is 35.9 Å². The van der Waals surface area contributed by atoms with Gasteiger partial charge in [0.15, 0.2) is 17.3 Å². The van der Waals surface area contributed by atoms with Crippen LogP contribution in [0.1, 0.15) is 57.5 Å². The molecule has 0 aliphatic carbocycles. The number of carbonyl (C=O) groups is 2. The molecule has 11 heteroatoms. The van der Waals surface area contributed by atoms with Crippen LogP contribution in [0.5, 0.6) is 23.0 Å². The van der Waals surface area contributed by atoms with Crippen molar-refractivity contribution in [3.63, 3.8) is 0 Å². The Hall–Kier alpha value is -5.48. The number of amides is 1. The highest BCUT2D eigenvalue weighted by atomic mass is 35.5. The first-order valence-corrected chi connectivity index (χ1v) is 15.3. The van der Waals surface area contributed by atoms with Gasteiger partial charge in [-0.25, -0.2) is 10.2 Å². The summed E-state index contributed by atoms with van der Waals surface area (Å²) in [7, 11) is 0. The van der Waals surface area contributed by atoms with Crippen molar-refractivity contribution in [1.82, 2.24) is 9.99 Å². The van der Waals surface area contributed by atoms with E-state index >= 15 is 0 Å².